The Bertz CT molecular complexity index is 1410. The standard InChI is InChI=1S/C35H42F3N3O4/c1-45-28-11-8-23(9-12-28)30-21-41(27-6-2-3-7-27)22-31(30)33(42)40-16-4-5-25(20-40)29-13-10-26(35(36,37)38)19-32(29)39-17-14-24(15-18-39)34(43)44/h5,8-13,19,24,27,30-31H,2-4,6-7,14-18,20-22H2,1H3,(H,43,44)/t30-,31?/m0/s1. The average molecular weight is 626 g/mol. The highest BCUT2D eigenvalue weighted by Crippen LogP contribution is 2.41. The molecule has 10 heteroatoms. The molecule has 1 N–H and O–H groups in total. The molecule has 3 aliphatic heterocycles. The molecular formula is C35H42F3N3O4. The third-order valence-electron chi connectivity index (χ3n) is 10.4. The number of benzene rings is 2. The van der Waals surface area contributed by atoms with E-state index in [9.17, 15) is 27.9 Å². The number of piperidine rings is 1. The fourth-order valence-electron chi connectivity index (χ4n) is 7.81. The Hall–Kier alpha value is -3.53. The normalized spacial score (nSPS) is 23.8. The average Bonchev–Trinajstić information content (AvgIpc) is 3.75. The molecule has 2 atom stereocenters. The number of nitrogens with zero attached hydrogens (tertiary/aromatic N) is 3. The number of carboxylic acids is 1. The number of halogens is 3. The molecule has 1 saturated carbocycles. The van der Waals surface area contributed by atoms with Gasteiger partial charge in [0, 0.05) is 62.5 Å². The largest absolute Gasteiger partial charge is 0.497 e. The van der Waals surface area contributed by atoms with Crippen LogP contribution < -0.4 is 9.64 Å². The van der Waals surface area contributed by atoms with Crippen LogP contribution in [0.15, 0.2) is 48.5 Å². The molecular weight excluding hydrogens is 583 g/mol. The molecule has 4 aliphatic rings. The van der Waals surface area contributed by atoms with Gasteiger partial charge in [0.1, 0.15) is 5.75 Å². The highest BCUT2D eigenvalue weighted by molar-refractivity contribution is 5.86. The molecule has 7 nitrogen and oxygen atoms in total. The molecule has 2 aromatic rings. The number of carbonyl (C=O) groups is 2. The number of hydrogen-bond acceptors (Lipinski definition) is 5. The highest BCUT2D eigenvalue weighted by Gasteiger charge is 2.43. The zero-order valence-electron chi connectivity index (χ0n) is 25.8. The van der Waals surface area contributed by atoms with E-state index in [-0.39, 0.29) is 17.7 Å². The van der Waals surface area contributed by atoms with Crippen LogP contribution in [-0.2, 0) is 15.8 Å². The van der Waals surface area contributed by atoms with Crippen molar-refractivity contribution in [3.63, 3.8) is 0 Å². The molecule has 0 radical (unpaired) electrons. The summed E-state index contributed by atoms with van der Waals surface area (Å²) >= 11 is 0. The summed E-state index contributed by atoms with van der Waals surface area (Å²) in [5.74, 6) is -0.646. The van der Waals surface area contributed by atoms with Crippen molar-refractivity contribution in [1.29, 1.82) is 0 Å². The van der Waals surface area contributed by atoms with Crippen LogP contribution in [0.3, 0.4) is 0 Å². The van der Waals surface area contributed by atoms with Crippen molar-refractivity contribution >= 4 is 23.1 Å². The molecule has 242 valence electrons. The maximum Gasteiger partial charge on any atom is 0.416 e. The molecule has 1 aliphatic carbocycles. The Kier molecular flexibility index (Phi) is 9.13. The number of aliphatic carboxylic acids is 1. The predicted molar refractivity (Wildman–Crippen MR) is 166 cm³/mol. The molecule has 0 spiro atoms. The number of methoxy groups -OCH3 is 1. The molecule has 0 bridgehead atoms. The summed E-state index contributed by atoms with van der Waals surface area (Å²) in [5, 5.41) is 9.45. The topological polar surface area (TPSA) is 73.3 Å². The minimum Gasteiger partial charge on any atom is -0.497 e. The minimum absolute atomic E-state index is 0.0514. The fourth-order valence-corrected chi connectivity index (χ4v) is 7.81. The summed E-state index contributed by atoms with van der Waals surface area (Å²) in [6.07, 6.45) is 3.67. The van der Waals surface area contributed by atoms with Crippen molar-refractivity contribution in [2.75, 3.05) is 51.3 Å². The first-order chi connectivity index (χ1) is 21.6. The van der Waals surface area contributed by atoms with Crippen LogP contribution in [0.2, 0.25) is 0 Å². The van der Waals surface area contributed by atoms with Gasteiger partial charge in [0.2, 0.25) is 5.91 Å². The summed E-state index contributed by atoms with van der Waals surface area (Å²) < 4.78 is 46.8. The molecule has 45 heavy (non-hydrogen) atoms. The van der Waals surface area contributed by atoms with E-state index in [0.717, 1.165) is 42.3 Å². The number of rotatable bonds is 7. The first-order valence-electron chi connectivity index (χ1n) is 16.2. The lowest BCUT2D eigenvalue weighted by molar-refractivity contribution is -0.142. The van der Waals surface area contributed by atoms with E-state index in [1.165, 1.54) is 25.0 Å². The summed E-state index contributed by atoms with van der Waals surface area (Å²) in [6, 6.07) is 12.3. The Labute approximate surface area is 262 Å². The monoisotopic (exact) mass is 625 g/mol. The molecule has 3 fully saturated rings. The van der Waals surface area contributed by atoms with Crippen molar-refractivity contribution in [2.24, 2.45) is 11.8 Å². The van der Waals surface area contributed by atoms with Gasteiger partial charge in [-0.25, -0.2) is 0 Å². The Balaban J connectivity index is 1.25. The van der Waals surface area contributed by atoms with Crippen LogP contribution >= 0.6 is 0 Å². The Morgan fingerprint density at radius 3 is 2.29 bits per heavy atom. The van der Waals surface area contributed by atoms with Gasteiger partial charge in [0.05, 0.1) is 24.5 Å². The zero-order chi connectivity index (χ0) is 31.7. The van der Waals surface area contributed by atoms with Crippen molar-refractivity contribution in [1.82, 2.24) is 9.80 Å². The number of carbonyl (C=O) groups excluding carboxylic acids is 1. The summed E-state index contributed by atoms with van der Waals surface area (Å²) in [6.45, 7) is 3.17. The SMILES string of the molecule is COc1ccc([C@@H]2CN(C3CCCC3)CC2C(=O)N2CCC=C(c3ccc(C(F)(F)F)cc3N3CCC(C(=O)O)CC3)C2)cc1. The van der Waals surface area contributed by atoms with E-state index in [1.807, 2.05) is 28.0 Å². The smallest absolute Gasteiger partial charge is 0.416 e. The Morgan fingerprint density at radius 2 is 1.64 bits per heavy atom. The van der Waals surface area contributed by atoms with Gasteiger partial charge in [0.25, 0.3) is 0 Å². The molecule has 2 aromatic carbocycles. The van der Waals surface area contributed by atoms with Crippen LogP contribution in [0.5, 0.6) is 5.75 Å². The third-order valence-corrected chi connectivity index (χ3v) is 10.4. The lowest BCUT2D eigenvalue weighted by Crippen LogP contribution is -2.42. The number of alkyl halides is 3. The molecule has 1 amide bonds. The van der Waals surface area contributed by atoms with E-state index in [1.54, 1.807) is 7.11 Å². The fraction of sp³-hybridized carbons (Fsp3) is 0.543. The van der Waals surface area contributed by atoms with Gasteiger partial charge in [0.15, 0.2) is 0 Å². The van der Waals surface area contributed by atoms with Gasteiger partial charge in [-0.1, -0.05) is 37.1 Å². The van der Waals surface area contributed by atoms with Crippen LogP contribution in [0.4, 0.5) is 18.9 Å². The van der Waals surface area contributed by atoms with Crippen molar-refractivity contribution in [3.8, 4) is 5.75 Å². The molecule has 2 saturated heterocycles. The zero-order valence-corrected chi connectivity index (χ0v) is 25.8. The van der Waals surface area contributed by atoms with Gasteiger partial charge in [-0.15, -0.1) is 0 Å². The number of anilines is 1. The van der Waals surface area contributed by atoms with Gasteiger partial charge in [-0.05, 0) is 67.5 Å². The van der Waals surface area contributed by atoms with E-state index in [4.69, 9.17) is 4.74 Å². The second-order valence-corrected chi connectivity index (χ2v) is 13.0. The van der Waals surface area contributed by atoms with Gasteiger partial charge in [-0.2, -0.15) is 13.2 Å². The van der Waals surface area contributed by atoms with Gasteiger partial charge < -0.3 is 19.6 Å². The predicted octanol–water partition coefficient (Wildman–Crippen LogP) is 6.29. The maximum atomic E-state index is 14.3. The quantitative estimate of drug-likeness (QED) is 0.390. The molecule has 3 heterocycles. The number of carboxylic acid groups (broad SMARTS) is 1. The summed E-state index contributed by atoms with van der Waals surface area (Å²) in [5.41, 5.74) is 2.37. The summed E-state index contributed by atoms with van der Waals surface area (Å²) in [7, 11) is 1.64. The number of hydrogen-bond donors (Lipinski definition) is 1. The van der Waals surface area contributed by atoms with E-state index < -0.39 is 23.6 Å². The number of amides is 1. The molecule has 1 unspecified atom stereocenters. The third kappa shape index (κ3) is 6.71. The Morgan fingerprint density at radius 1 is 0.933 bits per heavy atom. The lowest BCUT2D eigenvalue weighted by Gasteiger charge is -2.36. The minimum atomic E-state index is -4.50. The number of ether oxygens (including phenoxy) is 1. The molecule has 6 rings (SSSR count). The number of likely N-dealkylation sites (tertiary alicyclic amines) is 1. The van der Waals surface area contributed by atoms with Crippen molar-refractivity contribution < 1.29 is 32.6 Å². The maximum absolute atomic E-state index is 14.3. The van der Waals surface area contributed by atoms with Crippen LogP contribution in [0, 0.1) is 11.8 Å². The first-order valence-corrected chi connectivity index (χ1v) is 16.2. The first kappa shape index (κ1) is 31.5. The van der Waals surface area contributed by atoms with E-state index in [2.05, 4.69) is 17.0 Å². The highest BCUT2D eigenvalue weighted by atomic mass is 19.4. The van der Waals surface area contributed by atoms with E-state index >= 15 is 0 Å². The van der Waals surface area contributed by atoms with Crippen LogP contribution in [0.1, 0.15) is 67.6 Å². The van der Waals surface area contributed by atoms with Gasteiger partial charge >= 0.3 is 12.1 Å². The summed E-state index contributed by atoms with van der Waals surface area (Å²) in [4.78, 5) is 32.1. The second kappa shape index (κ2) is 13.1. The second-order valence-electron chi connectivity index (χ2n) is 13.0. The van der Waals surface area contributed by atoms with E-state index in [0.29, 0.717) is 69.3 Å². The lowest BCUT2D eigenvalue weighted by atomic mass is 9.87. The van der Waals surface area contributed by atoms with Crippen molar-refractivity contribution in [3.05, 3.63) is 65.2 Å². The van der Waals surface area contributed by atoms with Crippen LogP contribution in [-0.4, -0.2) is 79.2 Å². The van der Waals surface area contributed by atoms with Crippen LogP contribution in [0.25, 0.3) is 5.57 Å². The van der Waals surface area contributed by atoms with Crippen molar-refractivity contribution in [2.45, 2.75) is 63.1 Å². The molecule has 0 aromatic heterocycles. The van der Waals surface area contributed by atoms with Gasteiger partial charge in [-0.3, -0.25) is 14.5 Å².